The van der Waals surface area contributed by atoms with E-state index in [1.807, 2.05) is 6.92 Å². The molecule has 1 aromatic carbocycles. The number of rotatable bonds is 2. The summed E-state index contributed by atoms with van der Waals surface area (Å²) in [5.41, 5.74) is 0.303. The molecule has 1 aliphatic heterocycles. The fraction of sp³-hybridized carbons (Fsp3) is 0.333. The third kappa shape index (κ3) is 4.64. The first kappa shape index (κ1) is 17.2. The van der Waals surface area contributed by atoms with Crippen molar-refractivity contribution in [2.45, 2.75) is 25.9 Å². The Hall–Kier alpha value is -2.19. The van der Waals surface area contributed by atoms with Gasteiger partial charge in [0, 0.05) is 5.56 Å². The van der Waals surface area contributed by atoms with Crippen LogP contribution in [0.1, 0.15) is 36.5 Å². The monoisotopic (exact) mass is 322 g/mol. The molecule has 0 fully saturated rings. The fourth-order valence-electron chi connectivity index (χ4n) is 2.29. The fourth-order valence-corrected chi connectivity index (χ4v) is 2.29. The third-order valence-electron chi connectivity index (χ3n) is 3.37. The van der Waals surface area contributed by atoms with Gasteiger partial charge in [-0.1, -0.05) is 25.0 Å². The molecule has 0 atom stereocenters. The van der Waals surface area contributed by atoms with Gasteiger partial charge >= 0.3 is 6.18 Å². The molecule has 1 N–H and O–H groups in total. The molecule has 2 nitrogen and oxygen atoms in total. The van der Waals surface area contributed by atoms with Gasteiger partial charge < -0.3 is 9.84 Å². The van der Waals surface area contributed by atoms with E-state index in [9.17, 15) is 18.3 Å². The molecule has 122 valence electrons. The van der Waals surface area contributed by atoms with Crippen LogP contribution in [0.25, 0.3) is 5.57 Å². The van der Waals surface area contributed by atoms with Crippen molar-refractivity contribution in [1.29, 1.82) is 0 Å². The Bertz CT molecular complexity index is 688. The lowest BCUT2D eigenvalue weighted by atomic mass is 9.94. The molecule has 0 spiro atoms. The van der Waals surface area contributed by atoms with E-state index in [0.29, 0.717) is 31.6 Å². The van der Waals surface area contributed by atoms with Crippen LogP contribution in [-0.4, -0.2) is 18.3 Å². The number of halogens is 3. The van der Waals surface area contributed by atoms with E-state index in [0.717, 1.165) is 6.07 Å². The summed E-state index contributed by atoms with van der Waals surface area (Å²) in [6.07, 6.45) is -0.237. The molecule has 0 aliphatic carbocycles. The molecule has 1 heterocycles. The molecule has 0 aromatic heterocycles. The minimum absolute atomic E-state index is 0.141. The highest BCUT2D eigenvalue weighted by atomic mass is 19.4. The van der Waals surface area contributed by atoms with Gasteiger partial charge in [0.05, 0.1) is 18.8 Å². The Balaban J connectivity index is 2.43. The van der Waals surface area contributed by atoms with Crippen LogP contribution in [-0.2, 0) is 10.9 Å². The van der Waals surface area contributed by atoms with E-state index in [-0.39, 0.29) is 16.9 Å². The number of ether oxygens (including phenoxy) is 1. The highest BCUT2D eigenvalue weighted by Gasteiger charge is 2.34. The minimum atomic E-state index is -4.46. The smallest absolute Gasteiger partial charge is 0.417 e. The average Bonchev–Trinajstić information content (AvgIpc) is 2.53. The topological polar surface area (TPSA) is 29.5 Å². The molecule has 0 bridgehead atoms. The zero-order chi connectivity index (χ0) is 16.9. The molecule has 0 saturated heterocycles. The quantitative estimate of drug-likeness (QED) is 0.631. The Morgan fingerprint density at radius 3 is 2.78 bits per heavy atom. The lowest BCUT2D eigenvalue weighted by molar-refractivity contribution is -0.137. The van der Waals surface area contributed by atoms with Gasteiger partial charge in [-0.3, -0.25) is 0 Å². The van der Waals surface area contributed by atoms with Crippen LogP contribution >= 0.6 is 0 Å². The predicted octanol–water partition coefficient (Wildman–Crippen LogP) is 4.71. The lowest BCUT2D eigenvalue weighted by Crippen LogP contribution is -2.12. The van der Waals surface area contributed by atoms with Crippen molar-refractivity contribution in [2.75, 3.05) is 13.2 Å². The summed E-state index contributed by atoms with van der Waals surface area (Å²) in [5.74, 6) is 4.86. The molecule has 0 unspecified atom stereocenters. The van der Waals surface area contributed by atoms with Crippen LogP contribution < -0.4 is 0 Å². The molecule has 0 radical (unpaired) electrons. The summed E-state index contributed by atoms with van der Waals surface area (Å²) in [6.45, 7) is 2.57. The van der Waals surface area contributed by atoms with Gasteiger partial charge in [-0.05, 0) is 48.1 Å². The molecule has 1 aliphatic rings. The third-order valence-corrected chi connectivity index (χ3v) is 3.37. The molecule has 0 amide bonds. The zero-order valence-corrected chi connectivity index (χ0v) is 12.7. The van der Waals surface area contributed by atoms with Crippen LogP contribution in [0.3, 0.4) is 0 Å². The van der Waals surface area contributed by atoms with Crippen molar-refractivity contribution in [3.05, 3.63) is 52.8 Å². The van der Waals surface area contributed by atoms with Gasteiger partial charge in [0.2, 0.25) is 0 Å². The van der Waals surface area contributed by atoms with E-state index in [1.165, 1.54) is 18.2 Å². The maximum absolute atomic E-state index is 13.3. The van der Waals surface area contributed by atoms with Gasteiger partial charge in [-0.15, -0.1) is 0 Å². The van der Waals surface area contributed by atoms with Gasteiger partial charge in [-0.25, -0.2) is 0 Å². The number of aliphatic hydroxyl groups is 1. The number of hydrogen-bond donors (Lipinski definition) is 1. The summed E-state index contributed by atoms with van der Waals surface area (Å²) in [6, 6.07) is 4.00. The number of benzene rings is 1. The second kappa shape index (κ2) is 7.38. The molecule has 1 aromatic rings. The Morgan fingerprint density at radius 1 is 1.39 bits per heavy atom. The van der Waals surface area contributed by atoms with Crippen LogP contribution in [0, 0.1) is 11.8 Å². The molecular weight excluding hydrogens is 305 g/mol. The van der Waals surface area contributed by atoms with E-state index in [4.69, 9.17) is 4.74 Å². The van der Waals surface area contributed by atoms with E-state index in [2.05, 4.69) is 11.8 Å². The molecule has 23 heavy (non-hydrogen) atoms. The summed E-state index contributed by atoms with van der Waals surface area (Å²) in [7, 11) is 0. The van der Waals surface area contributed by atoms with Crippen LogP contribution in [0.2, 0.25) is 0 Å². The second-order valence-electron chi connectivity index (χ2n) is 5.06. The first-order chi connectivity index (χ1) is 10.9. The van der Waals surface area contributed by atoms with E-state index >= 15 is 0 Å². The van der Waals surface area contributed by atoms with Crippen LogP contribution in [0.5, 0.6) is 0 Å². The van der Waals surface area contributed by atoms with Crippen molar-refractivity contribution in [3.8, 4) is 11.8 Å². The van der Waals surface area contributed by atoms with Gasteiger partial charge in [0.15, 0.2) is 5.76 Å². The summed E-state index contributed by atoms with van der Waals surface area (Å²) >= 11 is 0. The molecular formula is C18H17F3O2. The first-order valence-corrected chi connectivity index (χ1v) is 7.31. The maximum atomic E-state index is 13.3. The van der Waals surface area contributed by atoms with Crippen molar-refractivity contribution in [3.63, 3.8) is 0 Å². The summed E-state index contributed by atoms with van der Waals surface area (Å²) < 4.78 is 45.2. The molecule has 5 heteroatoms. The van der Waals surface area contributed by atoms with Gasteiger partial charge in [-0.2, -0.15) is 13.2 Å². The molecule has 2 rings (SSSR count). The van der Waals surface area contributed by atoms with Gasteiger partial charge in [0.1, 0.15) is 0 Å². The number of aliphatic hydroxyl groups excluding tert-OH is 1. The zero-order valence-electron chi connectivity index (χ0n) is 12.7. The summed E-state index contributed by atoms with van der Waals surface area (Å²) in [4.78, 5) is 0. The predicted molar refractivity (Wildman–Crippen MR) is 82.7 cm³/mol. The minimum Gasteiger partial charge on any atom is -0.501 e. The van der Waals surface area contributed by atoms with Crippen LogP contribution in [0.15, 0.2) is 36.1 Å². The van der Waals surface area contributed by atoms with Crippen molar-refractivity contribution >= 4 is 5.57 Å². The SMILES string of the molecule is CC/C=C(/O)C#Cc1ccc(C2=CCOCC2)c(C(F)(F)F)c1. The van der Waals surface area contributed by atoms with Crippen molar-refractivity contribution in [1.82, 2.24) is 0 Å². The molecule has 0 saturated carbocycles. The van der Waals surface area contributed by atoms with Crippen molar-refractivity contribution < 1.29 is 23.0 Å². The number of alkyl halides is 3. The Labute approximate surface area is 133 Å². The van der Waals surface area contributed by atoms with E-state index in [1.54, 1.807) is 6.08 Å². The van der Waals surface area contributed by atoms with Gasteiger partial charge in [0.25, 0.3) is 0 Å². The number of allylic oxidation sites excluding steroid dienone is 2. The normalized spacial score (nSPS) is 15.7. The lowest BCUT2D eigenvalue weighted by Gasteiger charge is -2.18. The second-order valence-corrected chi connectivity index (χ2v) is 5.06. The highest BCUT2D eigenvalue weighted by molar-refractivity contribution is 5.70. The van der Waals surface area contributed by atoms with Crippen LogP contribution in [0.4, 0.5) is 13.2 Å². The largest absolute Gasteiger partial charge is 0.501 e. The Morgan fingerprint density at radius 2 is 2.17 bits per heavy atom. The maximum Gasteiger partial charge on any atom is 0.417 e. The highest BCUT2D eigenvalue weighted by Crippen LogP contribution is 2.37. The summed E-state index contributed by atoms with van der Waals surface area (Å²) in [5, 5.41) is 9.44. The first-order valence-electron chi connectivity index (χ1n) is 7.31. The Kier molecular flexibility index (Phi) is 5.51. The average molecular weight is 322 g/mol. The number of hydrogen-bond acceptors (Lipinski definition) is 2. The standard InChI is InChI=1S/C18H17F3O2/c1-2-3-15(22)6-4-13-5-7-16(14-8-10-23-11-9-14)17(12-13)18(19,20)21/h3,5,7-8,12,22H,2,9-11H2,1H3/b15-3+. The van der Waals surface area contributed by atoms with E-state index < -0.39 is 11.7 Å². The van der Waals surface area contributed by atoms with Crippen molar-refractivity contribution in [2.24, 2.45) is 0 Å².